The van der Waals surface area contributed by atoms with Gasteiger partial charge in [0.15, 0.2) is 5.60 Å². The highest BCUT2D eigenvalue weighted by Crippen LogP contribution is 2.85. The first-order valence-corrected chi connectivity index (χ1v) is 13.7. The van der Waals surface area contributed by atoms with Crippen molar-refractivity contribution in [3.63, 3.8) is 0 Å². The normalized spacial score (nSPS) is 49.9. The molecule has 3 aliphatic carbocycles. The third-order valence-corrected chi connectivity index (χ3v) is 11.5. The third-order valence-electron chi connectivity index (χ3n) is 11.5. The van der Waals surface area contributed by atoms with E-state index < -0.39 is 22.4 Å². The predicted molar refractivity (Wildman–Crippen MR) is 133 cm³/mol. The molecular weight excluding hydrogens is 472 g/mol. The van der Waals surface area contributed by atoms with Gasteiger partial charge in [0.1, 0.15) is 35.6 Å². The van der Waals surface area contributed by atoms with Crippen LogP contribution in [0.15, 0.2) is 41.6 Å². The number of hydrogen-bond donors (Lipinski definition) is 3. The molecule has 3 saturated heterocycles. The smallest absolute Gasteiger partial charge is 0.334 e. The first kappa shape index (κ1) is 21.5. The van der Waals surface area contributed by atoms with Gasteiger partial charge in [-0.05, 0) is 54.9 Å². The lowest BCUT2D eigenvalue weighted by Crippen LogP contribution is -2.77. The summed E-state index contributed by atoms with van der Waals surface area (Å²) >= 11 is 0. The Kier molecular flexibility index (Phi) is 3.54. The molecular formula is C29H32N2O6. The van der Waals surface area contributed by atoms with Crippen LogP contribution in [0.4, 0.5) is 5.69 Å². The van der Waals surface area contributed by atoms with E-state index in [9.17, 15) is 9.90 Å². The Morgan fingerprint density at radius 1 is 1.16 bits per heavy atom. The molecule has 37 heavy (non-hydrogen) atoms. The van der Waals surface area contributed by atoms with Crippen molar-refractivity contribution < 1.29 is 28.8 Å². The summed E-state index contributed by atoms with van der Waals surface area (Å²) in [5.74, 6) is 0.0641. The van der Waals surface area contributed by atoms with E-state index in [4.69, 9.17) is 18.9 Å². The second kappa shape index (κ2) is 6.09. The van der Waals surface area contributed by atoms with Gasteiger partial charge >= 0.3 is 5.97 Å². The highest BCUT2D eigenvalue weighted by molar-refractivity contribution is 5.93. The SMILES string of the molecule is CC(C)[C@]12O[C@H]1[C@@H]1O[C@]13[C@]1(O[C@H]1C[C@H]1C4=C(CC[C@@]13C)C(=O)OC4)[C@]2(O)CNc1cccc2[nH]ccc12. The van der Waals surface area contributed by atoms with Gasteiger partial charge in [0.2, 0.25) is 0 Å². The van der Waals surface area contributed by atoms with Crippen LogP contribution in [-0.4, -0.2) is 69.9 Å². The second-order valence-electron chi connectivity index (χ2n) is 12.8. The van der Waals surface area contributed by atoms with Crippen LogP contribution in [0.2, 0.25) is 0 Å². The molecule has 0 unspecified atom stereocenters. The monoisotopic (exact) mass is 504 g/mol. The van der Waals surface area contributed by atoms with Gasteiger partial charge in [-0.25, -0.2) is 4.79 Å². The van der Waals surface area contributed by atoms with E-state index in [1.54, 1.807) is 0 Å². The molecule has 9 atom stereocenters. The number of ether oxygens (including phenoxy) is 4. The van der Waals surface area contributed by atoms with Gasteiger partial charge in [-0.15, -0.1) is 0 Å². The molecule has 5 fully saturated rings. The fraction of sp³-hybridized carbons (Fsp3) is 0.621. The van der Waals surface area contributed by atoms with Gasteiger partial charge in [-0.2, -0.15) is 0 Å². The molecule has 0 radical (unpaired) electrons. The number of carbonyl (C=O) groups is 1. The summed E-state index contributed by atoms with van der Waals surface area (Å²) in [6.07, 6.45) is 3.75. The lowest BCUT2D eigenvalue weighted by Gasteiger charge is -2.56. The maximum absolute atomic E-state index is 13.0. The number of esters is 1. The van der Waals surface area contributed by atoms with Crippen molar-refractivity contribution in [2.24, 2.45) is 17.3 Å². The average Bonchev–Trinajstić information content (AvgIpc) is 3.80. The largest absolute Gasteiger partial charge is 0.458 e. The Labute approximate surface area is 214 Å². The number of fused-ring (bicyclic) bond motifs is 5. The van der Waals surface area contributed by atoms with Crippen molar-refractivity contribution >= 4 is 22.6 Å². The van der Waals surface area contributed by atoms with E-state index in [0.717, 1.165) is 40.6 Å². The third kappa shape index (κ3) is 2.00. The van der Waals surface area contributed by atoms with E-state index in [1.807, 2.05) is 18.3 Å². The molecule has 4 aliphatic heterocycles. The zero-order chi connectivity index (χ0) is 25.2. The van der Waals surface area contributed by atoms with Crippen molar-refractivity contribution in [1.82, 2.24) is 4.98 Å². The first-order chi connectivity index (χ1) is 17.8. The number of hydrogen-bond acceptors (Lipinski definition) is 7. The molecule has 0 bridgehead atoms. The Bertz CT molecular complexity index is 1450. The molecule has 1 aromatic heterocycles. The molecule has 7 aliphatic rings. The average molecular weight is 505 g/mol. The van der Waals surface area contributed by atoms with Crippen LogP contribution in [0.1, 0.15) is 40.0 Å². The summed E-state index contributed by atoms with van der Waals surface area (Å²) < 4.78 is 25.6. The zero-order valence-electron chi connectivity index (χ0n) is 21.3. The Morgan fingerprint density at radius 2 is 2.03 bits per heavy atom. The number of rotatable bonds is 4. The van der Waals surface area contributed by atoms with Crippen molar-refractivity contribution in [3.05, 3.63) is 41.6 Å². The number of anilines is 1. The highest BCUT2D eigenvalue weighted by atomic mass is 16.7. The van der Waals surface area contributed by atoms with Gasteiger partial charge in [0.05, 0.1) is 6.10 Å². The van der Waals surface area contributed by atoms with E-state index in [-0.39, 0.29) is 41.5 Å². The van der Waals surface area contributed by atoms with Crippen molar-refractivity contribution in [1.29, 1.82) is 0 Å². The molecule has 194 valence electrons. The van der Waals surface area contributed by atoms with Crippen LogP contribution in [0, 0.1) is 17.3 Å². The van der Waals surface area contributed by atoms with E-state index in [0.29, 0.717) is 19.6 Å². The Balaban J connectivity index is 1.17. The van der Waals surface area contributed by atoms with Crippen LogP contribution in [0.3, 0.4) is 0 Å². The first-order valence-electron chi connectivity index (χ1n) is 13.7. The number of H-pyrrole nitrogens is 1. The lowest BCUT2D eigenvalue weighted by molar-refractivity contribution is -0.159. The fourth-order valence-electron chi connectivity index (χ4n) is 9.81. The number of carbonyl (C=O) groups excluding carboxylic acids is 1. The lowest BCUT2D eigenvalue weighted by atomic mass is 9.44. The predicted octanol–water partition coefficient (Wildman–Crippen LogP) is 3.07. The molecule has 2 aromatic rings. The maximum Gasteiger partial charge on any atom is 0.334 e. The fourth-order valence-corrected chi connectivity index (χ4v) is 9.81. The minimum Gasteiger partial charge on any atom is -0.458 e. The van der Waals surface area contributed by atoms with Crippen LogP contribution in [-0.2, 0) is 23.7 Å². The number of benzene rings is 1. The summed E-state index contributed by atoms with van der Waals surface area (Å²) in [6.45, 7) is 7.23. The van der Waals surface area contributed by atoms with Crippen LogP contribution >= 0.6 is 0 Å². The quantitative estimate of drug-likeness (QED) is 0.433. The minimum atomic E-state index is -1.29. The van der Waals surface area contributed by atoms with Gasteiger partial charge in [-0.1, -0.05) is 26.8 Å². The van der Waals surface area contributed by atoms with Crippen molar-refractivity contribution in [2.75, 3.05) is 18.5 Å². The molecule has 2 spiro atoms. The molecule has 2 saturated carbocycles. The molecule has 0 amide bonds. The van der Waals surface area contributed by atoms with E-state index in [2.05, 4.69) is 43.2 Å². The number of cyclic esters (lactones) is 1. The standard InChI is InChI=1S/C29H32N2O6/c1-14(2)27-22(36-27)23-29(37-23)25(3)9-7-15-17(12-34-24(15)32)18(25)11-21-28(29,35-21)26(27,33)13-31-20-6-4-5-19-16(20)8-10-30-19/h4-6,8,10,14,18,21-23,30-31,33H,7,9,11-13H2,1-3H3/t18-,21-,22-,23-,25-,26-,27-,28+,29+/m0/s1. The minimum absolute atomic E-state index is 0.0841. The number of nitrogens with one attached hydrogen (secondary N) is 2. The second-order valence-corrected chi connectivity index (χ2v) is 12.8. The topological polar surface area (TPSA) is 112 Å². The van der Waals surface area contributed by atoms with Crippen LogP contribution in [0.25, 0.3) is 10.9 Å². The maximum atomic E-state index is 13.0. The number of aromatic amines is 1. The van der Waals surface area contributed by atoms with Gasteiger partial charge in [0.25, 0.3) is 0 Å². The van der Waals surface area contributed by atoms with Gasteiger partial charge < -0.3 is 34.4 Å². The zero-order valence-corrected chi connectivity index (χ0v) is 21.3. The highest BCUT2D eigenvalue weighted by Gasteiger charge is 3.04. The molecule has 1 aromatic carbocycles. The van der Waals surface area contributed by atoms with Gasteiger partial charge in [-0.3, -0.25) is 0 Å². The summed E-state index contributed by atoms with van der Waals surface area (Å²) in [7, 11) is 0. The number of aliphatic hydroxyl groups is 1. The Morgan fingerprint density at radius 3 is 2.86 bits per heavy atom. The summed E-state index contributed by atoms with van der Waals surface area (Å²) in [5.41, 5.74) is 0.204. The molecule has 3 N–H and O–H groups in total. The molecule has 5 heterocycles. The van der Waals surface area contributed by atoms with Crippen LogP contribution in [0.5, 0.6) is 0 Å². The summed E-state index contributed by atoms with van der Waals surface area (Å²) in [4.78, 5) is 15.7. The van der Waals surface area contributed by atoms with Gasteiger partial charge in [0, 0.05) is 40.3 Å². The Hall–Kier alpha value is -2.39. The van der Waals surface area contributed by atoms with Crippen molar-refractivity contribution in [2.45, 2.75) is 80.7 Å². The van der Waals surface area contributed by atoms with E-state index in [1.165, 1.54) is 0 Å². The van der Waals surface area contributed by atoms with Crippen molar-refractivity contribution in [3.8, 4) is 0 Å². The summed E-state index contributed by atoms with van der Waals surface area (Å²) in [6, 6.07) is 8.17. The van der Waals surface area contributed by atoms with Crippen LogP contribution < -0.4 is 5.32 Å². The number of epoxide rings is 3. The molecule has 9 rings (SSSR count). The molecule has 8 nitrogen and oxygen atoms in total. The molecule has 8 heteroatoms. The number of aromatic nitrogens is 1. The van der Waals surface area contributed by atoms with E-state index >= 15 is 0 Å². The summed E-state index contributed by atoms with van der Waals surface area (Å²) in [5, 5.41) is 17.7.